The van der Waals surface area contributed by atoms with Gasteiger partial charge in [0.15, 0.2) is 5.11 Å². The fourth-order valence-electron chi connectivity index (χ4n) is 5.16. The van der Waals surface area contributed by atoms with Crippen LogP contribution in [0.25, 0.3) is 5.69 Å². The van der Waals surface area contributed by atoms with Gasteiger partial charge in [0.05, 0.1) is 29.8 Å². The molecule has 5 unspecified atom stereocenters. The molecule has 0 spiro atoms. The van der Waals surface area contributed by atoms with Crippen molar-refractivity contribution in [1.82, 2.24) is 20.0 Å². The number of carbonyl (C=O) groups excluding carboxylic acids is 1. The number of aliphatic hydroxyl groups excluding tert-OH is 2. The number of carbonyl (C=O) groups is 1. The van der Waals surface area contributed by atoms with Gasteiger partial charge in [-0.1, -0.05) is 0 Å². The van der Waals surface area contributed by atoms with Crippen LogP contribution in [0.1, 0.15) is 25.7 Å². The molecular formula is C22H27N5O3S. The molecule has 0 radical (unpaired) electrons. The number of fused-ring (bicyclic) bond motifs is 1. The van der Waals surface area contributed by atoms with Crippen LogP contribution in [0.5, 0.6) is 0 Å². The minimum absolute atomic E-state index is 0.0466. The van der Waals surface area contributed by atoms with Gasteiger partial charge in [-0.15, -0.1) is 0 Å². The Morgan fingerprint density at radius 2 is 1.81 bits per heavy atom. The highest BCUT2D eigenvalue weighted by Gasteiger charge is 2.54. The third kappa shape index (κ3) is 3.60. The van der Waals surface area contributed by atoms with E-state index in [1.807, 2.05) is 46.3 Å². The van der Waals surface area contributed by atoms with Crippen LogP contribution in [0.4, 0.5) is 5.69 Å². The van der Waals surface area contributed by atoms with E-state index in [1.165, 1.54) is 0 Å². The minimum atomic E-state index is -0.985. The van der Waals surface area contributed by atoms with Crippen molar-refractivity contribution in [2.45, 2.75) is 50.0 Å². The van der Waals surface area contributed by atoms with Crippen molar-refractivity contribution in [3.63, 3.8) is 0 Å². The van der Waals surface area contributed by atoms with Crippen molar-refractivity contribution < 1.29 is 15.0 Å². The molecule has 1 amide bonds. The van der Waals surface area contributed by atoms with Gasteiger partial charge in [-0.05, 0) is 68.2 Å². The number of anilines is 1. The summed E-state index contributed by atoms with van der Waals surface area (Å²) in [6.45, 7) is 1.50. The van der Waals surface area contributed by atoms with Crippen molar-refractivity contribution in [3.05, 3.63) is 42.7 Å². The number of thiocarbonyl (C=S) groups is 1. The van der Waals surface area contributed by atoms with Gasteiger partial charge >= 0.3 is 0 Å². The van der Waals surface area contributed by atoms with Crippen molar-refractivity contribution >= 4 is 28.9 Å². The summed E-state index contributed by atoms with van der Waals surface area (Å²) in [5.74, 6) is -0.398. The highest BCUT2D eigenvalue weighted by atomic mass is 32.1. The first kappa shape index (κ1) is 20.4. The van der Waals surface area contributed by atoms with E-state index in [0.717, 1.165) is 43.7 Å². The smallest absolute Gasteiger partial charge is 0.227 e. The number of likely N-dealkylation sites (tertiary alicyclic amines) is 1. The summed E-state index contributed by atoms with van der Waals surface area (Å²) < 4.78 is 1.77. The number of hydrogen-bond acceptors (Lipinski definition) is 5. The van der Waals surface area contributed by atoms with E-state index in [2.05, 4.69) is 10.4 Å². The summed E-state index contributed by atoms with van der Waals surface area (Å²) in [5, 5.41) is 29.1. The largest absolute Gasteiger partial charge is 0.390 e. The zero-order chi connectivity index (χ0) is 21.5. The molecule has 164 valence electrons. The number of hydrogen-bond donors (Lipinski definition) is 3. The fourth-order valence-corrected chi connectivity index (χ4v) is 5.53. The molecular weight excluding hydrogens is 414 g/mol. The molecule has 3 heterocycles. The molecule has 3 fully saturated rings. The van der Waals surface area contributed by atoms with Gasteiger partial charge < -0.3 is 25.3 Å². The fraction of sp³-hybridized carbons (Fsp3) is 0.500. The van der Waals surface area contributed by atoms with Crippen LogP contribution in [-0.4, -0.2) is 73.3 Å². The number of nitrogens with zero attached hydrogens (tertiary/aromatic N) is 4. The molecule has 2 saturated heterocycles. The Kier molecular flexibility index (Phi) is 5.41. The van der Waals surface area contributed by atoms with Gasteiger partial charge in [0.1, 0.15) is 6.10 Å². The molecule has 31 heavy (non-hydrogen) atoms. The van der Waals surface area contributed by atoms with Gasteiger partial charge in [0.25, 0.3) is 0 Å². The molecule has 8 nitrogen and oxygen atoms in total. The number of aromatic nitrogens is 2. The van der Waals surface area contributed by atoms with E-state index < -0.39 is 24.2 Å². The van der Waals surface area contributed by atoms with Crippen LogP contribution >= 0.6 is 12.2 Å². The second-order valence-electron chi connectivity index (χ2n) is 8.59. The van der Waals surface area contributed by atoms with Gasteiger partial charge in [-0.2, -0.15) is 5.10 Å². The number of piperidine rings is 1. The summed E-state index contributed by atoms with van der Waals surface area (Å²) in [5.41, 5.74) is 1.77. The Balaban J connectivity index is 1.46. The number of nitrogens with one attached hydrogen (secondary N) is 1. The number of rotatable bonds is 3. The Morgan fingerprint density at radius 3 is 2.48 bits per heavy atom. The lowest BCUT2D eigenvalue weighted by molar-refractivity contribution is -0.142. The van der Waals surface area contributed by atoms with Crippen molar-refractivity contribution in [2.75, 3.05) is 18.0 Å². The van der Waals surface area contributed by atoms with Crippen LogP contribution in [0, 0.1) is 5.92 Å². The van der Waals surface area contributed by atoms with E-state index in [4.69, 9.17) is 12.2 Å². The lowest BCUT2D eigenvalue weighted by Crippen LogP contribution is -2.61. The molecule has 9 heteroatoms. The Hall–Kier alpha value is -2.49. The summed E-state index contributed by atoms with van der Waals surface area (Å²) >= 11 is 5.62. The predicted molar refractivity (Wildman–Crippen MR) is 120 cm³/mol. The van der Waals surface area contributed by atoms with Crippen LogP contribution in [0.2, 0.25) is 0 Å². The third-order valence-corrected chi connectivity index (χ3v) is 7.04. The summed E-state index contributed by atoms with van der Waals surface area (Å²) in [4.78, 5) is 17.3. The monoisotopic (exact) mass is 441 g/mol. The number of benzene rings is 1. The highest BCUT2D eigenvalue weighted by Crippen LogP contribution is 2.38. The maximum Gasteiger partial charge on any atom is 0.227 e. The molecule has 5 rings (SSSR count). The second kappa shape index (κ2) is 8.22. The first-order valence-corrected chi connectivity index (χ1v) is 11.3. The molecule has 1 aliphatic carbocycles. The van der Waals surface area contributed by atoms with Crippen LogP contribution in [0.3, 0.4) is 0 Å². The molecule has 3 aliphatic rings. The lowest BCUT2D eigenvalue weighted by Gasteiger charge is -2.43. The van der Waals surface area contributed by atoms with Crippen LogP contribution < -0.4 is 10.2 Å². The summed E-state index contributed by atoms with van der Waals surface area (Å²) in [7, 11) is 0. The number of amides is 1. The SMILES string of the molecule is O=C(C1CC(O)C(O)C2NC(=S)N(c3ccc(-n4cccn4)cc3)C12)N1CCCCC1. The maximum atomic E-state index is 13.5. The van der Waals surface area contributed by atoms with Gasteiger partial charge in [-0.3, -0.25) is 4.79 Å². The minimum Gasteiger partial charge on any atom is -0.390 e. The van der Waals surface area contributed by atoms with Crippen LogP contribution in [-0.2, 0) is 4.79 Å². The molecule has 5 atom stereocenters. The first-order valence-electron chi connectivity index (χ1n) is 10.9. The Labute approximate surface area is 186 Å². The molecule has 3 N–H and O–H groups in total. The highest BCUT2D eigenvalue weighted by molar-refractivity contribution is 7.80. The van der Waals surface area contributed by atoms with Gasteiger partial charge in [0, 0.05) is 31.2 Å². The molecule has 2 aliphatic heterocycles. The van der Waals surface area contributed by atoms with Crippen molar-refractivity contribution in [1.29, 1.82) is 0 Å². The van der Waals surface area contributed by atoms with Gasteiger partial charge in [-0.25, -0.2) is 4.68 Å². The molecule has 0 bridgehead atoms. The summed E-state index contributed by atoms with van der Waals surface area (Å²) in [6.07, 6.45) is 5.04. The van der Waals surface area contributed by atoms with Crippen molar-refractivity contribution in [2.24, 2.45) is 5.92 Å². The quantitative estimate of drug-likeness (QED) is 0.613. The van der Waals surface area contributed by atoms with E-state index in [1.54, 1.807) is 10.9 Å². The van der Waals surface area contributed by atoms with E-state index in [0.29, 0.717) is 5.11 Å². The average molecular weight is 442 g/mol. The van der Waals surface area contributed by atoms with Gasteiger partial charge in [0.2, 0.25) is 5.91 Å². The Morgan fingerprint density at radius 1 is 1.10 bits per heavy atom. The lowest BCUT2D eigenvalue weighted by atomic mass is 9.76. The molecule has 1 aromatic carbocycles. The van der Waals surface area contributed by atoms with E-state index in [-0.39, 0.29) is 18.4 Å². The average Bonchev–Trinajstić information content (AvgIpc) is 3.45. The topological polar surface area (TPSA) is 93.9 Å². The van der Waals surface area contributed by atoms with Crippen LogP contribution in [0.15, 0.2) is 42.7 Å². The first-order chi connectivity index (χ1) is 15.0. The molecule has 2 aromatic rings. The third-order valence-electron chi connectivity index (χ3n) is 6.73. The predicted octanol–water partition coefficient (Wildman–Crippen LogP) is 1.06. The maximum absolute atomic E-state index is 13.5. The van der Waals surface area contributed by atoms with Crippen molar-refractivity contribution in [3.8, 4) is 5.69 Å². The standard InChI is InChI=1S/C22H27N5O3S/c28-17-13-16(21(30)25-10-2-1-3-11-25)19-18(20(17)29)24-22(31)27(19)15-7-5-14(6-8-15)26-12-4-9-23-26/h4-9,12,16-20,28-29H,1-3,10-11,13H2,(H,24,31). The Bertz CT molecular complexity index is 945. The number of aliphatic hydroxyl groups is 2. The zero-order valence-corrected chi connectivity index (χ0v) is 18.0. The summed E-state index contributed by atoms with van der Waals surface area (Å²) in [6, 6.07) is 8.82. The molecule has 1 saturated carbocycles. The zero-order valence-electron chi connectivity index (χ0n) is 17.2. The normalized spacial score (nSPS) is 30.8. The molecule has 1 aromatic heterocycles. The second-order valence-corrected chi connectivity index (χ2v) is 8.98. The van der Waals surface area contributed by atoms with E-state index in [9.17, 15) is 15.0 Å². The van der Waals surface area contributed by atoms with E-state index >= 15 is 0 Å².